The molecule has 0 unspecified atom stereocenters. The highest BCUT2D eigenvalue weighted by atomic mass is 16.5. The minimum atomic E-state index is 0.637. The summed E-state index contributed by atoms with van der Waals surface area (Å²) in [6, 6.07) is 9.81. The highest BCUT2D eigenvalue weighted by Gasteiger charge is 2.09. The Balaban J connectivity index is 1.49. The summed E-state index contributed by atoms with van der Waals surface area (Å²) in [5.41, 5.74) is 1.09. The van der Waals surface area contributed by atoms with E-state index in [-0.39, 0.29) is 0 Å². The summed E-state index contributed by atoms with van der Waals surface area (Å²) >= 11 is 0. The van der Waals surface area contributed by atoms with Gasteiger partial charge in [-0.1, -0.05) is 18.2 Å². The highest BCUT2D eigenvalue weighted by molar-refractivity contribution is 5.42. The second-order valence-electron chi connectivity index (χ2n) is 5.81. The lowest BCUT2D eigenvalue weighted by Crippen LogP contribution is -2.39. The SMILES string of the molecule is COc1ccccc1CNc1ccnc(NCCN2CCOCC2)n1. The number of para-hydroxylation sites is 1. The quantitative estimate of drug-likeness (QED) is 0.758. The summed E-state index contributed by atoms with van der Waals surface area (Å²) < 4.78 is 10.7. The molecule has 1 saturated heterocycles. The Labute approximate surface area is 148 Å². The summed E-state index contributed by atoms with van der Waals surface area (Å²) in [4.78, 5) is 11.2. The first-order chi connectivity index (χ1) is 12.3. The number of morpholine rings is 1. The zero-order chi connectivity index (χ0) is 17.3. The van der Waals surface area contributed by atoms with Crippen molar-refractivity contribution in [3.05, 3.63) is 42.1 Å². The Morgan fingerprint density at radius 1 is 1.16 bits per heavy atom. The minimum absolute atomic E-state index is 0.637. The van der Waals surface area contributed by atoms with Gasteiger partial charge in [-0.15, -0.1) is 0 Å². The molecule has 1 fully saturated rings. The molecule has 2 N–H and O–H groups in total. The molecule has 134 valence electrons. The molecule has 0 radical (unpaired) electrons. The maximum atomic E-state index is 5.37. The van der Waals surface area contributed by atoms with Crippen molar-refractivity contribution in [1.82, 2.24) is 14.9 Å². The number of anilines is 2. The van der Waals surface area contributed by atoms with Crippen molar-refractivity contribution < 1.29 is 9.47 Å². The summed E-state index contributed by atoms with van der Waals surface area (Å²) in [5, 5.41) is 6.60. The molecule has 0 amide bonds. The van der Waals surface area contributed by atoms with Gasteiger partial charge in [-0.2, -0.15) is 4.98 Å². The number of benzene rings is 1. The van der Waals surface area contributed by atoms with Gasteiger partial charge in [-0.3, -0.25) is 4.90 Å². The van der Waals surface area contributed by atoms with Gasteiger partial charge in [0.05, 0.1) is 20.3 Å². The van der Waals surface area contributed by atoms with Gasteiger partial charge >= 0.3 is 0 Å². The fraction of sp³-hybridized carbons (Fsp3) is 0.444. The molecule has 2 aromatic rings. The molecule has 7 nitrogen and oxygen atoms in total. The van der Waals surface area contributed by atoms with E-state index in [4.69, 9.17) is 9.47 Å². The lowest BCUT2D eigenvalue weighted by molar-refractivity contribution is 0.0398. The average molecular weight is 343 g/mol. The first-order valence-corrected chi connectivity index (χ1v) is 8.58. The van der Waals surface area contributed by atoms with E-state index in [1.54, 1.807) is 13.3 Å². The molecule has 0 bridgehead atoms. The topological polar surface area (TPSA) is 71.5 Å². The second-order valence-corrected chi connectivity index (χ2v) is 5.81. The molecule has 1 aromatic heterocycles. The van der Waals surface area contributed by atoms with Crippen LogP contribution in [0.2, 0.25) is 0 Å². The van der Waals surface area contributed by atoms with E-state index in [0.717, 1.165) is 56.5 Å². The third kappa shape index (κ3) is 5.30. The Morgan fingerprint density at radius 3 is 2.84 bits per heavy atom. The predicted octanol–water partition coefficient (Wildman–Crippen LogP) is 1.84. The zero-order valence-corrected chi connectivity index (χ0v) is 14.6. The number of hydrogen-bond donors (Lipinski definition) is 2. The Kier molecular flexibility index (Phi) is 6.42. The van der Waals surface area contributed by atoms with Crippen molar-refractivity contribution in [1.29, 1.82) is 0 Å². The van der Waals surface area contributed by atoms with E-state index in [1.165, 1.54) is 0 Å². The summed E-state index contributed by atoms with van der Waals surface area (Å²) in [6.07, 6.45) is 1.76. The monoisotopic (exact) mass is 343 g/mol. The van der Waals surface area contributed by atoms with Crippen LogP contribution in [-0.4, -0.2) is 61.4 Å². The first-order valence-electron chi connectivity index (χ1n) is 8.58. The minimum Gasteiger partial charge on any atom is -0.496 e. The van der Waals surface area contributed by atoms with Crippen LogP contribution in [0.4, 0.5) is 11.8 Å². The van der Waals surface area contributed by atoms with Gasteiger partial charge in [-0.25, -0.2) is 4.98 Å². The van der Waals surface area contributed by atoms with Gasteiger partial charge in [0.2, 0.25) is 5.95 Å². The molecule has 1 aliphatic heterocycles. The van der Waals surface area contributed by atoms with Crippen molar-refractivity contribution in [2.24, 2.45) is 0 Å². The van der Waals surface area contributed by atoms with Crippen LogP contribution in [-0.2, 0) is 11.3 Å². The molecule has 0 aliphatic carbocycles. The number of nitrogens with zero attached hydrogens (tertiary/aromatic N) is 3. The normalized spacial score (nSPS) is 14.9. The van der Waals surface area contributed by atoms with Crippen LogP contribution in [0.15, 0.2) is 36.5 Å². The Morgan fingerprint density at radius 2 is 2.00 bits per heavy atom. The van der Waals surface area contributed by atoms with Gasteiger partial charge in [0, 0.05) is 44.5 Å². The van der Waals surface area contributed by atoms with Crippen molar-refractivity contribution in [3.8, 4) is 5.75 Å². The molecule has 1 aliphatic rings. The standard InChI is InChI=1S/C18H25N5O2/c1-24-16-5-3-2-4-15(16)14-21-17-6-7-19-18(22-17)20-8-9-23-10-12-25-13-11-23/h2-7H,8-14H2,1H3,(H2,19,20,21,22). The van der Waals surface area contributed by atoms with Crippen LogP contribution in [0.5, 0.6) is 5.75 Å². The van der Waals surface area contributed by atoms with Crippen LogP contribution in [0, 0.1) is 0 Å². The summed E-state index contributed by atoms with van der Waals surface area (Å²) in [5.74, 6) is 2.29. The van der Waals surface area contributed by atoms with Crippen LogP contribution in [0.1, 0.15) is 5.56 Å². The molecule has 0 saturated carbocycles. The molecule has 7 heteroatoms. The number of hydrogen-bond acceptors (Lipinski definition) is 7. The largest absolute Gasteiger partial charge is 0.496 e. The number of methoxy groups -OCH3 is 1. The van der Waals surface area contributed by atoms with Crippen molar-refractivity contribution >= 4 is 11.8 Å². The number of aromatic nitrogens is 2. The van der Waals surface area contributed by atoms with Gasteiger partial charge in [-0.05, 0) is 12.1 Å². The fourth-order valence-electron chi connectivity index (χ4n) is 2.73. The first kappa shape index (κ1) is 17.4. The molecular formula is C18H25N5O2. The maximum absolute atomic E-state index is 5.37. The predicted molar refractivity (Wildman–Crippen MR) is 98.1 cm³/mol. The van der Waals surface area contributed by atoms with Crippen molar-refractivity contribution in [2.45, 2.75) is 6.54 Å². The highest BCUT2D eigenvalue weighted by Crippen LogP contribution is 2.18. The summed E-state index contributed by atoms with van der Waals surface area (Å²) in [7, 11) is 1.68. The second kappa shape index (κ2) is 9.19. The smallest absolute Gasteiger partial charge is 0.224 e. The van der Waals surface area contributed by atoms with Crippen LogP contribution in [0.25, 0.3) is 0 Å². The van der Waals surface area contributed by atoms with Crippen LogP contribution in [0.3, 0.4) is 0 Å². The molecule has 25 heavy (non-hydrogen) atoms. The Hall–Kier alpha value is -2.38. The van der Waals surface area contributed by atoms with Gasteiger partial charge < -0.3 is 20.1 Å². The van der Waals surface area contributed by atoms with Gasteiger partial charge in [0.1, 0.15) is 11.6 Å². The third-order valence-corrected chi connectivity index (χ3v) is 4.12. The number of ether oxygens (including phenoxy) is 2. The maximum Gasteiger partial charge on any atom is 0.224 e. The van der Waals surface area contributed by atoms with E-state index >= 15 is 0 Å². The van der Waals surface area contributed by atoms with E-state index in [9.17, 15) is 0 Å². The van der Waals surface area contributed by atoms with Gasteiger partial charge in [0.15, 0.2) is 0 Å². The van der Waals surface area contributed by atoms with E-state index in [0.29, 0.717) is 12.5 Å². The lowest BCUT2D eigenvalue weighted by Gasteiger charge is -2.26. The average Bonchev–Trinajstić information content (AvgIpc) is 2.68. The molecule has 3 rings (SSSR count). The number of rotatable bonds is 8. The third-order valence-electron chi connectivity index (χ3n) is 4.12. The van der Waals surface area contributed by atoms with E-state index < -0.39 is 0 Å². The molecule has 2 heterocycles. The lowest BCUT2D eigenvalue weighted by atomic mass is 10.2. The number of nitrogens with one attached hydrogen (secondary N) is 2. The molecule has 0 spiro atoms. The van der Waals surface area contributed by atoms with Crippen LogP contribution < -0.4 is 15.4 Å². The van der Waals surface area contributed by atoms with E-state index in [2.05, 4.69) is 25.5 Å². The van der Waals surface area contributed by atoms with Crippen LogP contribution >= 0.6 is 0 Å². The van der Waals surface area contributed by atoms with Gasteiger partial charge in [0.25, 0.3) is 0 Å². The molecular weight excluding hydrogens is 318 g/mol. The van der Waals surface area contributed by atoms with Crippen molar-refractivity contribution in [3.63, 3.8) is 0 Å². The van der Waals surface area contributed by atoms with Crippen molar-refractivity contribution in [2.75, 3.05) is 57.1 Å². The molecule has 0 atom stereocenters. The Bertz CT molecular complexity index is 661. The van der Waals surface area contributed by atoms with E-state index in [1.807, 2.05) is 30.3 Å². The fourth-order valence-corrected chi connectivity index (χ4v) is 2.73. The zero-order valence-electron chi connectivity index (χ0n) is 14.6. The summed E-state index contributed by atoms with van der Waals surface area (Å²) in [6.45, 7) is 6.04. The molecule has 1 aromatic carbocycles.